The van der Waals surface area contributed by atoms with Crippen molar-refractivity contribution in [1.82, 2.24) is 9.55 Å². The molecule has 31 heavy (non-hydrogen) atoms. The Morgan fingerprint density at radius 3 is 2.71 bits per heavy atom. The first-order valence-corrected chi connectivity index (χ1v) is 11.2. The van der Waals surface area contributed by atoms with Gasteiger partial charge in [-0.15, -0.1) is 0 Å². The van der Waals surface area contributed by atoms with Crippen LogP contribution in [-0.4, -0.2) is 14.5 Å². The summed E-state index contributed by atoms with van der Waals surface area (Å²) >= 11 is 15.0. The second kappa shape index (κ2) is 8.91. The Kier molecular flexibility index (Phi) is 6.23. The molecular formula is C24H19BrClN3OS. The van der Waals surface area contributed by atoms with E-state index in [0.717, 1.165) is 27.0 Å². The van der Waals surface area contributed by atoms with Crippen LogP contribution >= 0.6 is 39.7 Å². The highest BCUT2D eigenvalue weighted by atomic mass is 79.9. The fourth-order valence-corrected chi connectivity index (χ4v) is 4.27. The molecule has 0 saturated heterocycles. The van der Waals surface area contributed by atoms with Crippen LogP contribution in [0.1, 0.15) is 17.0 Å². The van der Waals surface area contributed by atoms with Crippen molar-refractivity contribution in [3.8, 4) is 5.69 Å². The summed E-state index contributed by atoms with van der Waals surface area (Å²) in [7, 11) is 0. The maximum atomic E-state index is 13.2. The Morgan fingerprint density at radius 2 is 1.94 bits per heavy atom. The van der Waals surface area contributed by atoms with Gasteiger partial charge >= 0.3 is 0 Å². The molecule has 0 aliphatic carbocycles. The van der Waals surface area contributed by atoms with E-state index in [1.165, 1.54) is 0 Å². The van der Waals surface area contributed by atoms with Gasteiger partial charge in [0.2, 0.25) is 0 Å². The molecule has 7 heteroatoms. The summed E-state index contributed by atoms with van der Waals surface area (Å²) in [6.45, 7) is 3.81. The van der Waals surface area contributed by atoms with Gasteiger partial charge in [0.15, 0.2) is 0 Å². The summed E-state index contributed by atoms with van der Waals surface area (Å²) in [6.07, 6.45) is 0.539. The number of nitrogens with zero attached hydrogens (tertiary/aromatic N) is 2. The minimum Gasteiger partial charge on any atom is -0.350 e. The normalized spacial score (nSPS) is 11.0. The first-order valence-electron chi connectivity index (χ1n) is 9.66. The molecule has 0 fully saturated rings. The van der Waals surface area contributed by atoms with Crippen molar-refractivity contribution in [2.75, 3.05) is 5.32 Å². The molecule has 0 amide bonds. The van der Waals surface area contributed by atoms with Gasteiger partial charge in [-0.1, -0.05) is 47.6 Å². The molecular weight excluding hydrogens is 494 g/mol. The van der Waals surface area contributed by atoms with Crippen LogP contribution in [0.5, 0.6) is 0 Å². The Bertz CT molecular complexity index is 1380. The van der Waals surface area contributed by atoms with Crippen LogP contribution in [0.2, 0.25) is 5.02 Å². The van der Waals surface area contributed by atoms with E-state index in [1.807, 2.05) is 68.4 Å². The zero-order valence-electron chi connectivity index (χ0n) is 16.9. The van der Waals surface area contributed by atoms with E-state index in [2.05, 4.69) is 26.2 Å². The van der Waals surface area contributed by atoms with Gasteiger partial charge in [0.05, 0.1) is 26.6 Å². The fraction of sp³-hybridized carbons (Fsp3) is 0.125. The summed E-state index contributed by atoms with van der Waals surface area (Å²) in [5, 5.41) is 4.49. The highest BCUT2D eigenvalue weighted by molar-refractivity contribution is 9.10. The number of benzene rings is 3. The smallest absolute Gasteiger partial charge is 0.265 e. The molecule has 0 unspecified atom stereocenters. The fourth-order valence-electron chi connectivity index (χ4n) is 3.48. The van der Waals surface area contributed by atoms with Crippen LogP contribution in [-0.2, 0) is 6.42 Å². The van der Waals surface area contributed by atoms with E-state index in [0.29, 0.717) is 33.2 Å². The van der Waals surface area contributed by atoms with Crippen LogP contribution in [0.4, 0.5) is 5.69 Å². The number of anilines is 1. The molecule has 4 aromatic rings. The molecule has 0 radical (unpaired) electrons. The quantitative estimate of drug-likeness (QED) is 0.321. The predicted octanol–water partition coefficient (Wildman–Crippen LogP) is 6.40. The minimum absolute atomic E-state index is 0.0740. The van der Waals surface area contributed by atoms with E-state index in [1.54, 1.807) is 10.6 Å². The summed E-state index contributed by atoms with van der Waals surface area (Å²) in [5.41, 5.74) is 4.29. The second-order valence-electron chi connectivity index (χ2n) is 7.34. The van der Waals surface area contributed by atoms with Gasteiger partial charge in [0, 0.05) is 16.6 Å². The molecule has 0 bridgehead atoms. The van der Waals surface area contributed by atoms with E-state index in [4.69, 9.17) is 23.8 Å². The summed E-state index contributed by atoms with van der Waals surface area (Å²) in [5.74, 6) is 0.644. The van der Waals surface area contributed by atoms with E-state index in [9.17, 15) is 4.79 Å². The molecule has 0 aliphatic rings. The standard InChI is InChI=1S/C24H19BrClN3OS/c1-14-6-9-22-19(10-14)24(30)29(15(2)27-22)18-5-3-4-16(11-18)12-23(31)28-17-7-8-21(26)20(25)13-17/h3-11,13H,12H2,1-2H3,(H,28,31). The number of fused-ring (bicyclic) bond motifs is 1. The Morgan fingerprint density at radius 1 is 1.13 bits per heavy atom. The number of halogens is 2. The Labute approximate surface area is 199 Å². The first-order chi connectivity index (χ1) is 14.8. The first kappa shape index (κ1) is 21.7. The van der Waals surface area contributed by atoms with E-state index in [-0.39, 0.29) is 5.56 Å². The Balaban J connectivity index is 1.63. The van der Waals surface area contributed by atoms with Crippen molar-refractivity contribution in [2.24, 2.45) is 0 Å². The lowest BCUT2D eigenvalue weighted by Gasteiger charge is -2.13. The maximum Gasteiger partial charge on any atom is 0.265 e. The van der Waals surface area contributed by atoms with Crippen molar-refractivity contribution >= 4 is 61.3 Å². The third-order valence-corrected chi connectivity index (χ3v) is 6.39. The minimum atomic E-state index is -0.0740. The number of aryl methyl sites for hydroxylation is 2. The highest BCUT2D eigenvalue weighted by Gasteiger charge is 2.11. The van der Waals surface area contributed by atoms with Gasteiger partial charge < -0.3 is 5.32 Å². The van der Waals surface area contributed by atoms with Gasteiger partial charge in [-0.25, -0.2) is 4.98 Å². The van der Waals surface area contributed by atoms with Crippen molar-refractivity contribution in [3.63, 3.8) is 0 Å². The molecule has 1 heterocycles. The summed E-state index contributed by atoms with van der Waals surface area (Å²) < 4.78 is 2.45. The SMILES string of the molecule is Cc1ccc2nc(C)n(-c3cccc(CC(=S)Nc4ccc(Cl)c(Br)c4)c3)c(=O)c2c1. The molecule has 1 aromatic heterocycles. The third kappa shape index (κ3) is 4.71. The van der Waals surface area contributed by atoms with Crippen LogP contribution in [0.25, 0.3) is 16.6 Å². The molecule has 156 valence electrons. The van der Waals surface area contributed by atoms with Crippen LogP contribution in [0.3, 0.4) is 0 Å². The number of hydrogen-bond acceptors (Lipinski definition) is 3. The second-order valence-corrected chi connectivity index (χ2v) is 9.10. The molecule has 0 saturated carbocycles. The van der Waals surface area contributed by atoms with Crippen LogP contribution < -0.4 is 10.9 Å². The number of aromatic nitrogens is 2. The maximum absolute atomic E-state index is 13.2. The predicted molar refractivity (Wildman–Crippen MR) is 136 cm³/mol. The highest BCUT2D eigenvalue weighted by Crippen LogP contribution is 2.26. The van der Waals surface area contributed by atoms with Crippen molar-refractivity contribution < 1.29 is 0 Å². The topological polar surface area (TPSA) is 46.9 Å². The van der Waals surface area contributed by atoms with Gasteiger partial charge in [0.25, 0.3) is 5.56 Å². The van der Waals surface area contributed by atoms with Crippen molar-refractivity contribution in [1.29, 1.82) is 0 Å². The molecule has 3 aromatic carbocycles. The van der Waals surface area contributed by atoms with E-state index < -0.39 is 0 Å². The van der Waals surface area contributed by atoms with Gasteiger partial charge in [-0.05, 0) is 77.8 Å². The van der Waals surface area contributed by atoms with Crippen LogP contribution in [0, 0.1) is 13.8 Å². The molecule has 4 rings (SSSR count). The third-order valence-electron chi connectivity index (χ3n) is 4.93. The number of nitrogens with one attached hydrogen (secondary N) is 1. The monoisotopic (exact) mass is 511 g/mol. The molecule has 1 N–H and O–H groups in total. The molecule has 4 nitrogen and oxygen atoms in total. The number of rotatable bonds is 4. The average molecular weight is 513 g/mol. The lowest BCUT2D eigenvalue weighted by Crippen LogP contribution is -2.22. The zero-order valence-corrected chi connectivity index (χ0v) is 20.1. The molecule has 0 atom stereocenters. The largest absolute Gasteiger partial charge is 0.350 e. The lowest BCUT2D eigenvalue weighted by molar-refractivity contribution is 0.893. The molecule has 0 aliphatic heterocycles. The van der Waals surface area contributed by atoms with Gasteiger partial charge in [0.1, 0.15) is 5.82 Å². The summed E-state index contributed by atoms with van der Waals surface area (Å²) in [4.78, 5) is 18.5. The number of hydrogen-bond donors (Lipinski definition) is 1. The molecule has 0 spiro atoms. The Hall–Kier alpha value is -2.54. The van der Waals surface area contributed by atoms with Crippen molar-refractivity contribution in [2.45, 2.75) is 20.3 Å². The van der Waals surface area contributed by atoms with Gasteiger partial charge in [-0.2, -0.15) is 0 Å². The van der Waals surface area contributed by atoms with Crippen LogP contribution in [0.15, 0.2) is 69.9 Å². The average Bonchev–Trinajstić information content (AvgIpc) is 2.72. The van der Waals surface area contributed by atoms with E-state index >= 15 is 0 Å². The lowest BCUT2D eigenvalue weighted by atomic mass is 10.1. The summed E-state index contributed by atoms with van der Waals surface area (Å²) in [6, 6.07) is 19.1. The van der Waals surface area contributed by atoms with Gasteiger partial charge in [-0.3, -0.25) is 9.36 Å². The van der Waals surface area contributed by atoms with Crippen molar-refractivity contribution in [3.05, 3.63) is 97.5 Å². The zero-order chi connectivity index (χ0) is 22.1. The number of thiocarbonyl (C=S) groups is 1.